The molecule has 0 unspecified atom stereocenters. The van der Waals surface area contributed by atoms with Gasteiger partial charge in [-0.05, 0) is 49.6 Å². The smallest absolute Gasteiger partial charge is 0.319 e. The highest BCUT2D eigenvalue weighted by Gasteiger charge is 2.08. The second-order valence-corrected chi connectivity index (χ2v) is 5.84. The normalized spacial score (nSPS) is 10.2. The summed E-state index contributed by atoms with van der Waals surface area (Å²) in [5.74, 6) is 0.306. The number of carbonyl (C=O) groups is 2. The number of anilines is 1. The fourth-order valence-electron chi connectivity index (χ4n) is 2.42. The van der Waals surface area contributed by atoms with Gasteiger partial charge >= 0.3 is 6.03 Å². The van der Waals surface area contributed by atoms with Crippen molar-refractivity contribution in [2.75, 3.05) is 18.5 Å². The minimum atomic E-state index is -0.537. The van der Waals surface area contributed by atoms with E-state index in [4.69, 9.17) is 10.5 Å². The third kappa shape index (κ3) is 4.97. The molecule has 0 atom stereocenters. The molecule has 132 valence electrons. The standard InChI is InChI=1S/C19H23N3O3/c1-12-7-8-15(18(20)23)11-16(12)22-19(24)21-9-10-25-17-13(2)5-4-6-14(17)3/h4-8,11H,9-10H2,1-3H3,(H2,20,23)(H2,21,22,24). The van der Waals surface area contributed by atoms with Crippen LogP contribution in [0.1, 0.15) is 27.0 Å². The van der Waals surface area contributed by atoms with E-state index in [1.807, 2.05) is 39.0 Å². The summed E-state index contributed by atoms with van der Waals surface area (Å²) in [4.78, 5) is 23.2. The van der Waals surface area contributed by atoms with E-state index in [0.29, 0.717) is 24.4 Å². The van der Waals surface area contributed by atoms with Gasteiger partial charge < -0.3 is 21.1 Å². The molecular formula is C19H23N3O3. The maximum Gasteiger partial charge on any atom is 0.319 e. The molecule has 0 saturated carbocycles. The van der Waals surface area contributed by atoms with Gasteiger partial charge in [-0.25, -0.2) is 4.79 Å². The highest BCUT2D eigenvalue weighted by Crippen LogP contribution is 2.22. The predicted octanol–water partition coefficient (Wildman–Crippen LogP) is 2.91. The Bertz CT molecular complexity index is 767. The number of para-hydroxylation sites is 1. The molecule has 2 aromatic rings. The number of hydrogen-bond acceptors (Lipinski definition) is 3. The molecule has 0 aliphatic rings. The summed E-state index contributed by atoms with van der Waals surface area (Å²) in [5, 5.41) is 5.44. The quantitative estimate of drug-likeness (QED) is 0.705. The lowest BCUT2D eigenvalue weighted by Crippen LogP contribution is -2.32. The fraction of sp³-hybridized carbons (Fsp3) is 0.263. The second kappa shape index (κ2) is 8.19. The first-order valence-electron chi connectivity index (χ1n) is 8.03. The zero-order valence-corrected chi connectivity index (χ0v) is 14.7. The van der Waals surface area contributed by atoms with Gasteiger partial charge in [0.1, 0.15) is 12.4 Å². The molecule has 0 aliphatic carbocycles. The zero-order valence-electron chi connectivity index (χ0n) is 14.7. The van der Waals surface area contributed by atoms with Crippen molar-refractivity contribution < 1.29 is 14.3 Å². The Morgan fingerprint density at radius 2 is 1.72 bits per heavy atom. The van der Waals surface area contributed by atoms with Crippen LogP contribution in [0.4, 0.5) is 10.5 Å². The van der Waals surface area contributed by atoms with Gasteiger partial charge in [-0.3, -0.25) is 4.79 Å². The molecule has 25 heavy (non-hydrogen) atoms. The van der Waals surface area contributed by atoms with E-state index >= 15 is 0 Å². The second-order valence-electron chi connectivity index (χ2n) is 5.84. The number of carbonyl (C=O) groups excluding carboxylic acids is 2. The van der Waals surface area contributed by atoms with E-state index < -0.39 is 5.91 Å². The van der Waals surface area contributed by atoms with Crippen molar-refractivity contribution in [2.24, 2.45) is 5.73 Å². The number of aryl methyl sites for hydroxylation is 3. The molecule has 2 rings (SSSR count). The van der Waals surface area contributed by atoms with Gasteiger partial charge in [-0.15, -0.1) is 0 Å². The van der Waals surface area contributed by atoms with Crippen LogP contribution >= 0.6 is 0 Å². The number of nitrogens with one attached hydrogen (secondary N) is 2. The molecule has 0 radical (unpaired) electrons. The van der Waals surface area contributed by atoms with Crippen molar-refractivity contribution in [1.29, 1.82) is 0 Å². The van der Waals surface area contributed by atoms with Crippen LogP contribution in [-0.2, 0) is 0 Å². The van der Waals surface area contributed by atoms with Crippen molar-refractivity contribution in [3.63, 3.8) is 0 Å². The van der Waals surface area contributed by atoms with E-state index in [9.17, 15) is 9.59 Å². The van der Waals surface area contributed by atoms with Crippen molar-refractivity contribution >= 4 is 17.6 Å². The van der Waals surface area contributed by atoms with E-state index in [0.717, 1.165) is 22.4 Å². The Labute approximate surface area is 147 Å². The monoisotopic (exact) mass is 341 g/mol. The molecule has 0 bridgehead atoms. The first-order chi connectivity index (χ1) is 11.9. The van der Waals surface area contributed by atoms with Crippen LogP contribution in [0.25, 0.3) is 0 Å². The topological polar surface area (TPSA) is 93.5 Å². The van der Waals surface area contributed by atoms with Gasteiger partial charge in [0.25, 0.3) is 0 Å². The molecule has 0 fully saturated rings. The third-order valence-corrected chi connectivity index (χ3v) is 3.81. The van der Waals surface area contributed by atoms with Gasteiger partial charge in [0.15, 0.2) is 0 Å². The van der Waals surface area contributed by atoms with Gasteiger partial charge in [-0.1, -0.05) is 24.3 Å². The van der Waals surface area contributed by atoms with E-state index in [1.165, 1.54) is 0 Å². The zero-order chi connectivity index (χ0) is 18.4. The highest BCUT2D eigenvalue weighted by atomic mass is 16.5. The summed E-state index contributed by atoms with van der Waals surface area (Å²) in [6.45, 7) is 6.52. The number of ether oxygens (including phenoxy) is 1. The average Bonchev–Trinajstić information content (AvgIpc) is 2.55. The molecule has 0 spiro atoms. The van der Waals surface area contributed by atoms with Crippen LogP contribution < -0.4 is 21.1 Å². The molecule has 0 saturated heterocycles. The van der Waals surface area contributed by atoms with E-state index in [-0.39, 0.29) is 6.03 Å². The molecule has 4 N–H and O–H groups in total. The SMILES string of the molecule is Cc1ccc(C(N)=O)cc1NC(=O)NCCOc1c(C)cccc1C. The molecule has 6 nitrogen and oxygen atoms in total. The summed E-state index contributed by atoms with van der Waals surface area (Å²) in [5.41, 5.74) is 9.11. The van der Waals surface area contributed by atoms with Crippen LogP contribution in [0.15, 0.2) is 36.4 Å². The van der Waals surface area contributed by atoms with Crippen molar-refractivity contribution in [3.8, 4) is 5.75 Å². The molecule has 0 aliphatic heterocycles. The van der Waals surface area contributed by atoms with E-state index in [2.05, 4.69) is 10.6 Å². The number of nitrogens with two attached hydrogens (primary N) is 1. The summed E-state index contributed by atoms with van der Waals surface area (Å²) >= 11 is 0. The molecule has 0 aromatic heterocycles. The lowest BCUT2D eigenvalue weighted by atomic mass is 10.1. The number of primary amides is 1. The van der Waals surface area contributed by atoms with Crippen molar-refractivity contribution in [3.05, 3.63) is 58.7 Å². The van der Waals surface area contributed by atoms with Crippen molar-refractivity contribution in [2.45, 2.75) is 20.8 Å². The molecule has 2 aromatic carbocycles. The Morgan fingerprint density at radius 1 is 1.04 bits per heavy atom. The van der Waals surface area contributed by atoms with Gasteiger partial charge in [0, 0.05) is 11.3 Å². The lowest BCUT2D eigenvalue weighted by Gasteiger charge is -2.13. The molecule has 0 heterocycles. The molecular weight excluding hydrogens is 318 g/mol. The summed E-state index contributed by atoms with van der Waals surface area (Å²) in [7, 11) is 0. The van der Waals surface area contributed by atoms with Crippen LogP contribution in [0.2, 0.25) is 0 Å². The third-order valence-electron chi connectivity index (χ3n) is 3.81. The predicted molar refractivity (Wildman–Crippen MR) is 98.1 cm³/mol. The maximum absolute atomic E-state index is 12.0. The van der Waals surface area contributed by atoms with Crippen LogP contribution in [-0.4, -0.2) is 25.1 Å². The minimum absolute atomic E-state index is 0.347. The Kier molecular flexibility index (Phi) is 6.00. The summed E-state index contributed by atoms with van der Waals surface area (Å²) in [6.07, 6.45) is 0. The minimum Gasteiger partial charge on any atom is -0.491 e. The van der Waals surface area contributed by atoms with Gasteiger partial charge in [0.2, 0.25) is 5.91 Å². The Morgan fingerprint density at radius 3 is 2.36 bits per heavy atom. The Balaban J connectivity index is 1.85. The highest BCUT2D eigenvalue weighted by molar-refractivity contribution is 5.96. The van der Waals surface area contributed by atoms with Crippen molar-refractivity contribution in [1.82, 2.24) is 5.32 Å². The van der Waals surface area contributed by atoms with E-state index in [1.54, 1.807) is 18.2 Å². The summed E-state index contributed by atoms with van der Waals surface area (Å²) in [6, 6.07) is 10.5. The number of benzene rings is 2. The number of hydrogen-bond donors (Lipinski definition) is 3. The van der Waals surface area contributed by atoms with Crippen LogP contribution in [0.3, 0.4) is 0 Å². The largest absolute Gasteiger partial charge is 0.491 e. The Hall–Kier alpha value is -3.02. The fourth-order valence-corrected chi connectivity index (χ4v) is 2.42. The van der Waals surface area contributed by atoms with Gasteiger partial charge in [-0.2, -0.15) is 0 Å². The lowest BCUT2D eigenvalue weighted by molar-refractivity contribution is 0.100. The summed E-state index contributed by atoms with van der Waals surface area (Å²) < 4.78 is 5.74. The first kappa shape index (κ1) is 18.3. The number of urea groups is 1. The first-order valence-corrected chi connectivity index (χ1v) is 8.03. The van der Waals surface area contributed by atoms with Gasteiger partial charge in [0.05, 0.1) is 6.54 Å². The average molecular weight is 341 g/mol. The van der Waals surface area contributed by atoms with Crippen LogP contribution in [0, 0.1) is 20.8 Å². The van der Waals surface area contributed by atoms with Crippen LogP contribution in [0.5, 0.6) is 5.75 Å². The molecule has 3 amide bonds. The number of amides is 3. The maximum atomic E-state index is 12.0. The molecule has 6 heteroatoms. The number of rotatable bonds is 6.